The van der Waals surface area contributed by atoms with Gasteiger partial charge in [-0.1, -0.05) is 45.9 Å². The van der Waals surface area contributed by atoms with E-state index in [9.17, 15) is 14.3 Å². The third kappa shape index (κ3) is 5.64. The monoisotopic (exact) mass is 546 g/mol. The van der Waals surface area contributed by atoms with E-state index in [4.69, 9.17) is 13.7 Å². The first-order valence-electron chi connectivity index (χ1n) is 12.1. The number of hydrogen-bond acceptors (Lipinski definition) is 8. The number of nitrogens with zero attached hydrogens (tertiary/aromatic N) is 4. The van der Waals surface area contributed by atoms with Crippen molar-refractivity contribution in [1.29, 1.82) is 0 Å². The van der Waals surface area contributed by atoms with Crippen molar-refractivity contribution in [3.8, 4) is 0 Å². The van der Waals surface area contributed by atoms with Crippen molar-refractivity contribution >= 4 is 39.5 Å². The summed E-state index contributed by atoms with van der Waals surface area (Å²) in [5, 5.41) is 2.69. The largest absolute Gasteiger partial charge is 0.695 e. The Bertz CT molecular complexity index is 1280. The minimum atomic E-state index is -2.94. The molecule has 1 aliphatic heterocycles. The van der Waals surface area contributed by atoms with Gasteiger partial charge < -0.3 is 14.5 Å². The van der Waals surface area contributed by atoms with E-state index in [0.717, 1.165) is 0 Å². The number of imidazole rings is 1. The van der Waals surface area contributed by atoms with Crippen LogP contribution >= 0.6 is 8.25 Å². The minimum Gasteiger partial charge on any atom is -0.408 e. The van der Waals surface area contributed by atoms with Crippen molar-refractivity contribution in [3.63, 3.8) is 0 Å². The van der Waals surface area contributed by atoms with E-state index >= 15 is 0 Å². The maximum absolute atomic E-state index is 12.7. The number of hydrogen-bond donors (Lipinski definition) is 2. The lowest BCUT2D eigenvalue weighted by Gasteiger charge is -2.39. The van der Waals surface area contributed by atoms with E-state index in [1.807, 2.05) is 13.0 Å². The van der Waals surface area contributed by atoms with Crippen LogP contribution in [-0.4, -0.2) is 56.9 Å². The summed E-state index contributed by atoms with van der Waals surface area (Å²) in [5.41, 5.74) is 1.21. The standard InChI is InChI=1S/C24H32N5O6PSi/c1-7-16-18(35-37(5,6)24(2,3)4)19(34-36(31)32)23(33-16)29-14-27-17-20(25-13-26-21(17)29)28-22(30)15-11-9-8-10-12-15/h8-14,16,18-19,23H,7H2,1-6H3,(H-,25,26,28,30,31,32)/p+1/t16-,18?,19+,23-/m1/s1. The first kappa shape index (κ1) is 27.4. The zero-order valence-corrected chi connectivity index (χ0v) is 23.7. The smallest absolute Gasteiger partial charge is 0.408 e. The molecule has 1 fully saturated rings. The molecule has 198 valence electrons. The van der Waals surface area contributed by atoms with E-state index in [2.05, 4.69) is 54.1 Å². The molecule has 5 atom stereocenters. The van der Waals surface area contributed by atoms with E-state index < -0.39 is 35.0 Å². The Labute approximate surface area is 217 Å². The van der Waals surface area contributed by atoms with Gasteiger partial charge in [0.25, 0.3) is 5.91 Å². The van der Waals surface area contributed by atoms with E-state index in [-0.39, 0.29) is 22.9 Å². The lowest BCUT2D eigenvalue weighted by atomic mass is 10.1. The molecule has 1 aromatic carbocycles. The molecule has 0 radical (unpaired) electrons. The Morgan fingerprint density at radius 3 is 2.51 bits per heavy atom. The molecule has 3 heterocycles. The van der Waals surface area contributed by atoms with Crippen LogP contribution in [0.3, 0.4) is 0 Å². The van der Waals surface area contributed by atoms with Gasteiger partial charge in [-0.2, -0.15) is 0 Å². The molecule has 0 aliphatic carbocycles. The minimum absolute atomic E-state index is 0.0872. The summed E-state index contributed by atoms with van der Waals surface area (Å²) in [7, 11) is -5.22. The number of carbonyl (C=O) groups is 1. The topological polar surface area (TPSA) is 138 Å². The van der Waals surface area contributed by atoms with Gasteiger partial charge in [-0.25, -0.2) is 15.0 Å². The lowest BCUT2D eigenvalue weighted by molar-refractivity contribution is -0.0303. The van der Waals surface area contributed by atoms with Gasteiger partial charge in [0.1, 0.15) is 12.4 Å². The molecule has 1 saturated heterocycles. The summed E-state index contributed by atoms with van der Waals surface area (Å²) in [6, 6.07) is 8.77. The Balaban J connectivity index is 1.69. The van der Waals surface area contributed by atoms with Gasteiger partial charge in [0.05, 0.1) is 12.4 Å². The Kier molecular flexibility index (Phi) is 7.89. The molecule has 2 N–H and O–H groups in total. The fraction of sp³-hybridized carbons (Fsp3) is 0.500. The second-order valence-corrected chi connectivity index (χ2v) is 15.9. The molecule has 1 aliphatic rings. The predicted octanol–water partition coefficient (Wildman–Crippen LogP) is 4.81. The average molecular weight is 547 g/mol. The molecule has 0 saturated carbocycles. The van der Waals surface area contributed by atoms with Crippen molar-refractivity contribution in [2.24, 2.45) is 0 Å². The van der Waals surface area contributed by atoms with Crippen molar-refractivity contribution in [2.75, 3.05) is 5.32 Å². The summed E-state index contributed by atoms with van der Waals surface area (Å²) in [6.07, 6.45) is 0.765. The molecule has 2 unspecified atom stereocenters. The third-order valence-corrected chi connectivity index (χ3v) is 11.9. The molecule has 13 heteroatoms. The highest BCUT2D eigenvalue weighted by atomic mass is 31.1. The summed E-state index contributed by atoms with van der Waals surface area (Å²) in [5.74, 6) is -0.0953. The average Bonchev–Trinajstić information content (AvgIpc) is 3.40. The molecule has 0 bridgehead atoms. The molecular weight excluding hydrogens is 513 g/mol. The zero-order chi connectivity index (χ0) is 27.0. The first-order chi connectivity index (χ1) is 17.4. The maximum Gasteiger partial charge on any atom is 0.695 e. The molecule has 0 spiro atoms. The second-order valence-electron chi connectivity index (χ2n) is 10.5. The van der Waals surface area contributed by atoms with E-state index in [1.54, 1.807) is 28.8 Å². The number of benzene rings is 1. The quantitative estimate of drug-likeness (QED) is 0.301. The van der Waals surface area contributed by atoms with Gasteiger partial charge in [-0.05, 0) is 36.7 Å². The van der Waals surface area contributed by atoms with Gasteiger partial charge in [-0.15, -0.1) is 9.42 Å². The Hall–Kier alpha value is -2.60. The number of aromatic nitrogens is 4. The highest BCUT2D eigenvalue weighted by Gasteiger charge is 2.54. The van der Waals surface area contributed by atoms with E-state index in [0.29, 0.717) is 23.1 Å². The van der Waals surface area contributed by atoms with Crippen LogP contribution in [-0.2, 0) is 18.3 Å². The molecule has 3 aromatic rings. The summed E-state index contributed by atoms with van der Waals surface area (Å²) in [6.45, 7) is 12.6. The van der Waals surface area contributed by atoms with Gasteiger partial charge in [0.15, 0.2) is 37.6 Å². The number of amides is 1. The van der Waals surface area contributed by atoms with Crippen LogP contribution in [0.1, 0.15) is 50.7 Å². The molecular formula is C24H33N5O6PSi+. The highest BCUT2D eigenvalue weighted by molar-refractivity contribution is 7.32. The van der Waals surface area contributed by atoms with Crippen molar-refractivity contribution in [1.82, 2.24) is 19.5 Å². The summed E-state index contributed by atoms with van der Waals surface area (Å²) in [4.78, 5) is 35.4. The number of rotatable bonds is 8. The van der Waals surface area contributed by atoms with Crippen molar-refractivity contribution in [3.05, 3.63) is 48.5 Å². The van der Waals surface area contributed by atoms with Gasteiger partial charge in [0, 0.05) is 10.1 Å². The van der Waals surface area contributed by atoms with Crippen LogP contribution < -0.4 is 5.32 Å². The van der Waals surface area contributed by atoms with Crippen molar-refractivity contribution < 1.29 is 27.9 Å². The Morgan fingerprint density at radius 2 is 1.89 bits per heavy atom. The number of carbonyl (C=O) groups excluding carboxylic acids is 1. The molecule has 37 heavy (non-hydrogen) atoms. The Morgan fingerprint density at radius 1 is 1.19 bits per heavy atom. The number of ether oxygens (including phenoxy) is 1. The number of anilines is 1. The zero-order valence-electron chi connectivity index (χ0n) is 21.8. The van der Waals surface area contributed by atoms with Crippen LogP contribution in [0.4, 0.5) is 5.82 Å². The fourth-order valence-corrected chi connectivity index (χ4v) is 5.79. The molecule has 1 amide bonds. The molecule has 11 nitrogen and oxygen atoms in total. The van der Waals surface area contributed by atoms with Crippen LogP contribution in [0.25, 0.3) is 11.2 Å². The fourth-order valence-electron chi connectivity index (χ4n) is 4.04. The molecule has 4 rings (SSSR count). The summed E-state index contributed by atoms with van der Waals surface area (Å²) >= 11 is 0. The van der Waals surface area contributed by atoms with Gasteiger partial charge in [0.2, 0.25) is 0 Å². The van der Waals surface area contributed by atoms with Crippen LogP contribution in [0.5, 0.6) is 0 Å². The molecule has 2 aromatic heterocycles. The van der Waals surface area contributed by atoms with Crippen LogP contribution in [0.2, 0.25) is 18.1 Å². The highest BCUT2D eigenvalue weighted by Crippen LogP contribution is 2.45. The summed E-state index contributed by atoms with van der Waals surface area (Å²) < 4.78 is 32.1. The van der Waals surface area contributed by atoms with E-state index in [1.165, 1.54) is 12.7 Å². The normalized spacial score (nSPS) is 22.8. The number of fused-ring (bicyclic) bond motifs is 1. The van der Waals surface area contributed by atoms with Crippen LogP contribution in [0.15, 0.2) is 43.0 Å². The SMILES string of the molecule is CC[C@H]1O[C@@H](n2cnc3c(NC(=O)c4ccccc4)ncnc32)[C@@H](O[P+](=O)O)C1O[Si](C)(C)C(C)(C)C. The van der Waals surface area contributed by atoms with Crippen molar-refractivity contribution in [2.45, 2.75) is 76.8 Å². The third-order valence-electron chi connectivity index (χ3n) is 7.04. The second kappa shape index (κ2) is 10.6. The lowest BCUT2D eigenvalue weighted by Crippen LogP contribution is -2.49. The maximum atomic E-state index is 12.7. The van der Waals surface area contributed by atoms with Gasteiger partial charge in [-0.3, -0.25) is 9.36 Å². The predicted molar refractivity (Wildman–Crippen MR) is 141 cm³/mol. The number of nitrogens with one attached hydrogen (secondary N) is 1. The van der Waals surface area contributed by atoms with Gasteiger partial charge >= 0.3 is 8.25 Å². The van der Waals surface area contributed by atoms with Crippen LogP contribution in [0, 0.1) is 0 Å². The first-order valence-corrected chi connectivity index (χ1v) is 16.2.